The van der Waals surface area contributed by atoms with E-state index >= 15 is 0 Å². The zero-order valence-corrected chi connectivity index (χ0v) is 22.2. The number of alkyl halides is 2. The molecule has 0 aromatic heterocycles. The van der Waals surface area contributed by atoms with E-state index in [9.17, 15) is 0 Å². The molecule has 0 aliphatic heterocycles. The summed E-state index contributed by atoms with van der Waals surface area (Å²) in [6, 6.07) is 0. The van der Waals surface area contributed by atoms with E-state index in [0.29, 0.717) is 0 Å². The Morgan fingerprint density at radius 3 is 0.931 bits per heavy atom. The van der Waals surface area contributed by atoms with Crippen LogP contribution in [0.2, 0.25) is 0 Å². The predicted octanol–water partition coefficient (Wildman–Crippen LogP) is 11.5. The topological polar surface area (TPSA) is 0 Å². The zero-order valence-electron chi connectivity index (χ0n) is 19.9. The summed E-state index contributed by atoms with van der Waals surface area (Å²) >= 11 is 14.8. The first kappa shape index (κ1) is 29.9. The highest BCUT2D eigenvalue weighted by molar-refractivity contribution is 8.02. The monoisotopic (exact) mass is 466 g/mol. The van der Waals surface area contributed by atoms with E-state index in [1.807, 2.05) is 0 Å². The average molecular weight is 468 g/mol. The minimum atomic E-state index is 0.203. The second-order valence-electron chi connectivity index (χ2n) is 8.90. The van der Waals surface area contributed by atoms with Crippen LogP contribution in [0, 0.1) is 0 Å². The second-order valence-corrected chi connectivity index (χ2v) is 11.9. The van der Waals surface area contributed by atoms with Crippen molar-refractivity contribution in [3.63, 3.8) is 0 Å². The van der Waals surface area contributed by atoms with Gasteiger partial charge >= 0.3 is 0 Å². The van der Waals surface area contributed by atoms with Crippen LogP contribution in [0.25, 0.3) is 0 Å². The van der Waals surface area contributed by atoms with Gasteiger partial charge in [-0.3, -0.25) is 0 Å². The molecule has 0 saturated heterocycles. The van der Waals surface area contributed by atoms with E-state index in [1.165, 1.54) is 128 Å². The number of unbranched alkanes of at least 4 members (excludes halogenated alkanes) is 18. The van der Waals surface area contributed by atoms with Crippen molar-refractivity contribution in [2.75, 3.05) is 0 Å². The lowest BCUT2D eigenvalue weighted by Gasteiger charge is -2.14. The first-order valence-electron chi connectivity index (χ1n) is 13.1. The minimum Gasteiger partial charge on any atom is -0.123 e. The Kier molecular flexibility index (Phi) is 26.0. The molecule has 0 bridgehead atoms. The molecule has 0 aromatic rings. The number of thioether (sulfide) groups is 1. The summed E-state index contributed by atoms with van der Waals surface area (Å²) in [4.78, 5) is 0. The van der Waals surface area contributed by atoms with E-state index < -0.39 is 0 Å². The molecule has 0 aliphatic rings. The fourth-order valence-corrected chi connectivity index (χ4v) is 6.02. The summed E-state index contributed by atoms with van der Waals surface area (Å²) in [7, 11) is 0. The zero-order chi connectivity index (χ0) is 21.4. The highest BCUT2D eigenvalue weighted by Gasteiger charge is 2.12. The molecule has 0 fully saturated rings. The Morgan fingerprint density at radius 2 is 0.655 bits per heavy atom. The Labute approximate surface area is 199 Å². The molecule has 29 heavy (non-hydrogen) atoms. The summed E-state index contributed by atoms with van der Waals surface area (Å²) in [6.45, 7) is 4.57. The molecule has 0 aromatic carbocycles. The molecular weight excluding hydrogens is 415 g/mol. The van der Waals surface area contributed by atoms with Crippen LogP contribution in [0.1, 0.15) is 155 Å². The third kappa shape index (κ3) is 25.1. The molecule has 0 aliphatic carbocycles. The lowest BCUT2D eigenvalue weighted by atomic mass is 10.1. The van der Waals surface area contributed by atoms with Gasteiger partial charge in [0.15, 0.2) is 0 Å². The van der Waals surface area contributed by atoms with Crippen molar-refractivity contribution in [2.45, 2.75) is 165 Å². The van der Waals surface area contributed by atoms with Crippen molar-refractivity contribution in [2.24, 2.45) is 0 Å². The summed E-state index contributed by atoms with van der Waals surface area (Å²) < 4.78 is 0.407. The maximum atomic E-state index is 6.50. The molecule has 2 unspecified atom stereocenters. The average Bonchev–Trinajstić information content (AvgIpc) is 2.70. The summed E-state index contributed by atoms with van der Waals surface area (Å²) in [5, 5.41) is 0. The second kappa shape index (κ2) is 25.2. The van der Waals surface area contributed by atoms with Crippen molar-refractivity contribution in [3.8, 4) is 0 Å². The Morgan fingerprint density at radius 1 is 0.414 bits per heavy atom. The standard InChI is InChI=1S/C26H52Cl2S/c1-3-5-7-9-11-13-15-17-19-21-23-25(27)29-26(28)24-22-20-18-16-14-12-10-8-6-4-2/h25-26H,3-24H2,1-2H3. The third-order valence-electron chi connectivity index (χ3n) is 5.86. The van der Waals surface area contributed by atoms with Gasteiger partial charge in [-0.15, -0.1) is 35.0 Å². The summed E-state index contributed by atoms with van der Waals surface area (Å²) in [5.74, 6) is 0. The SMILES string of the molecule is CCCCCCCCCCCCC(Cl)SC(Cl)CCCCCCCCCCCC. The van der Waals surface area contributed by atoms with Gasteiger partial charge in [0.05, 0.1) is 9.42 Å². The normalized spacial score (nSPS) is 13.7. The van der Waals surface area contributed by atoms with Gasteiger partial charge in [0.2, 0.25) is 0 Å². The van der Waals surface area contributed by atoms with Gasteiger partial charge < -0.3 is 0 Å². The minimum absolute atomic E-state index is 0.203. The van der Waals surface area contributed by atoms with E-state index in [4.69, 9.17) is 23.2 Å². The summed E-state index contributed by atoms with van der Waals surface area (Å²) in [5.41, 5.74) is 0. The van der Waals surface area contributed by atoms with E-state index in [2.05, 4.69) is 13.8 Å². The molecule has 3 heteroatoms. The molecule has 0 rings (SSSR count). The fraction of sp³-hybridized carbons (Fsp3) is 1.00. The fourth-order valence-electron chi connectivity index (χ4n) is 3.88. The van der Waals surface area contributed by atoms with Crippen LogP contribution in [-0.2, 0) is 0 Å². The van der Waals surface area contributed by atoms with Crippen molar-refractivity contribution in [3.05, 3.63) is 0 Å². The molecule has 0 N–H and O–H groups in total. The van der Waals surface area contributed by atoms with Crippen LogP contribution >= 0.6 is 35.0 Å². The molecule has 0 amide bonds. The maximum Gasteiger partial charge on any atom is 0.0803 e. The molecular formula is C26H52Cl2S. The van der Waals surface area contributed by atoms with Gasteiger partial charge in [0.1, 0.15) is 0 Å². The van der Waals surface area contributed by atoms with E-state index in [0.717, 1.165) is 12.8 Å². The molecule has 0 saturated carbocycles. The molecule has 0 spiro atoms. The van der Waals surface area contributed by atoms with Crippen LogP contribution in [0.5, 0.6) is 0 Å². The number of rotatable bonds is 24. The van der Waals surface area contributed by atoms with E-state index in [1.54, 1.807) is 11.8 Å². The maximum absolute atomic E-state index is 6.50. The quantitative estimate of drug-likeness (QED) is 0.100. The van der Waals surface area contributed by atoms with Gasteiger partial charge in [0, 0.05) is 0 Å². The van der Waals surface area contributed by atoms with E-state index in [-0.39, 0.29) is 9.42 Å². The Balaban J connectivity index is 3.29. The van der Waals surface area contributed by atoms with Crippen LogP contribution < -0.4 is 0 Å². The lowest BCUT2D eigenvalue weighted by molar-refractivity contribution is 0.552. The first-order chi connectivity index (χ1) is 14.2. The van der Waals surface area contributed by atoms with Crippen molar-refractivity contribution in [1.29, 1.82) is 0 Å². The molecule has 176 valence electrons. The van der Waals surface area contributed by atoms with Gasteiger partial charge in [-0.05, 0) is 12.8 Å². The van der Waals surface area contributed by atoms with Gasteiger partial charge in [-0.2, -0.15) is 0 Å². The Bertz CT molecular complexity index is 270. The number of hydrogen-bond donors (Lipinski definition) is 0. The first-order valence-corrected chi connectivity index (χ1v) is 15.0. The van der Waals surface area contributed by atoms with Crippen molar-refractivity contribution < 1.29 is 0 Å². The number of halogens is 2. The largest absolute Gasteiger partial charge is 0.123 e. The third-order valence-corrected chi connectivity index (χ3v) is 7.98. The van der Waals surface area contributed by atoms with Gasteiger partial charge in [-0.25, -0.2) is 0 Å². The predicted molar refractivity (Wildman–Crippen MR) is 140 cm³/mol. The summed E-state index contributed by atoms with van der Waals surface area (Å²) in [6.07, 6.45) is 30.0. The van der Waals surface area contributed by atoms with Crippen LogP contribution in [0.3, 0.4) is 0 Å². The van der Waals surface area contributed by atoms with Crippen LogP contribution in [0.15, 0.2) is 0 Å². The van der Waals surface area contributed by atoms with Crippen molar-refractivity contribution in [1.82, 2.24) is 0 Å². The van der Waals surface area contributed by atoms with Crippen molar-refractivity contribution >= 4 is 35.0 Å². The van der Waals surface area contributed by atoms with Crippen LogP contribution in [0.4, 0.5) is 0 Å². The van der Waals surface area contributed by atoms with Gasteiger partial charge in [-0.1, -0.05) is 142 Å². The molecule has 2 atom stereocenters. The molecule has 0 heterocycles. The lowest BCUT2D eigenvalue weighted by Crippen LogP contribution is -2.01. The van der Waals surface area contributed by atoms with Gasteiger partial charge in [0.25, 0.3) is 0 Å². The molecule has 0 nitrogen and oxygen atoms in total. The molecule has 0 radical (unpaired) electrons. The Hall–Kier alpha value is 0.930. The highest BCUT2D eigenvalue weighted by atomic mass is 35.5. The van der Waals surface area contributed by atoms with Crippen LogP contribution in [-0.4, -0.2) is 9.42 Å². The smallest absolute Gasteiger partial charge is 0.0803 e. The number of hydrogen-bond acceptors (Lipinski definition) is 1. The highest BCUT2D eigenvalue weighted by Crippen LogP contribution is 2.31.